The molecular formula is C15H14F2N2O2S. The Balaban J connectivity index is 2.02. The van der Waals surface area contributed by atoms with E-state index in [4.69, 9.17) is 0 Å². The molecule has 0 aromatic heterocycles. The van der Waals surface area contributed by atoms with Gasteiger partial charge in [-0.1, -0.05) is 12.1 Å². The summed E-state index contributed by atoms with van der Waals surface area (Å²) in [4.78, 5) is 0.0355. The van der Waals surface area contributed by atoms with Crippen molar-refractivity contribution >= 4 is 21.4 Å². The van der Waals surface area contributed by atoms with Crippen LogP contribution in [-0.4, -0.2) is 15.0 Å². The highest BCUT2D eigenvalue weighted by Crippen LogP contribution is 2.31. The van der Waals surface area contributed by atoms with E-state index >= 15 is 0 Å². The number of rotatable bonds is 3. The summed E-state index contributed by atoms with van der Waals surface area (Å²) in [5.41, 5.74) is 1.01. The molecule has 0 spiro atoms. The molecule has 116 valence electrons. The molecule has 0 atom stereocenters. The number of benzene rings is 2. The number of sulfonamides is 1. The third-order valence-electron chi connectivity index (χ3n) is 3.50. The van der Waals surface area contributed by atoms with Crippen LogP contribution in [0.3, 0.4) is 0 Å². The SMILES string of the molecule is O=S(=O)(Nc1cc(F)ccc1F)c1cccc2c1NCCC2. The fraction of sp³-hybridized carbons (Fsp3) is 0.200. The molecule has 0 saturated heterocycles. The van der Waals surface area contributed by atoms with Gasteiger partial charge in [-0.05, 0) is 36.6 Å². The summed E-state index contributed by atoms with van der Waals surface area (Å²) in [5, 5.41) is 3.06. The fourth-order valence-electron chi connectivity index (χ4n) is 2.48. The van der Waals surface area contributed by atoms with Gasteiger partial charge in [0.1, 0.15) is 16.5 Å². The van der Waals surface area contributed by atoms with E-state index in [-0.39, 0.29) is 4.90 Å². The van der Waals surface area contributed by atoms with E-state index in [1.807, 2.05) is 6.07 Å². The maximum Gasteiger partial charge on any atom is 0.264 e. The van der Waals surface area contributed by atoms with Crippen LogP contribution in [0.4, 0.5) is 20.2 Å². The average molecular weight is 324 g/mol. The lowest BCUT2D eigenvalue weighted by Gasteiger charge is -2.21. The van der Waals surface area contributed by atoms with Crippen molar-refractivity contribution in [1.82, 2.24) is 0 Å². The fourth-order valence-corrected chi connectivity index (χ4v) is 3.76. The molecule has 1 heterocycles. The third kappa shape index (κ3) is 2.76. The second-order valence-electron chi connectivity index (χ2n) is 5.05. The summed E-state index contributed by atoms with van der Waals surface area (Å²) in [6, 6.07) is 7.56. The first kappa shape index (κ1) is 14.8. The standard InChI is InChI=1S/C15H14F2N2O2S/c16-11-6-7-12(17)13(9-11)19-22(20,21)14-5-1-3-10-4-2-8-18-15(10)14/h1,3,5-7,9,18-19H,2,4,8H2. The molecule has 3 rings (SSSR count). The molecule has 2 aromatic carbocycles. The number of fused-ring (bicyclic) bond motifs is 1. The minimum atomic E-state index is -4.01. The molecule has 2 N–H and O–H groups in total. The molecule has 0 unspecified atom stereocenters. The highest BCUT2D eigenvalue weighted by atomic mass is 32.2. The summed E-state index contributed by atoms with van der Waals surface area (Å²) < 4.78 is 53.9. The van der Waals surface area contributed by atoms with Crippen LogP contribution in [0, 0.1) is 11.6 Å². The van der Waals surface area contributed by atoms with Crippen LogP contribution in [0.1, 0.15) is 12.0 Å². The zero-order chi connectivity index (χ0) is 15.7. The number of para-hydroxylation sites is 1. The summed E-state index contributed by atoms with van der Waals surface area (Å²) >= 11 is 0. The monoisotopic (exact) mass is 324 g/mol. The van der Waals surface area contributed by atoms with Gasteiger partial charge in [0.2, 0.25) is 0 Å². The zero-order valence-electron chi connectivity index (χ0n) is 11.6. The highest BCUT2D eigenvalue weighted by Gasteiger charge is 2.23. The number of halogens is 2. The van der Waals surface area contributed by atoms with Crippen molar-refractivity contribution in [3.8, 4) is 0 Å². The molecule has 0 saturated carbocycles. The number of hydrogen-bond donors (Lipinski definition) is 2. The topological polar surface area (TPSA) is 58.2 Å². The first-order valence-electron chi connectivity index (χ1n) is 6.81. The molecule has 7 heteroatoms. The van der Waals surface area contributed by atoms with Crippen molar-refractivity contribution in [2.24, 2.45) is 0 Å². The van der Waals surface area contributed by atoms with Crippen molar-refractivity contribution in [2.45, 2.75) is 17.7 Å². The summed E-state index contributed by atoms with van der Waals surface area (Å²) in [7, 11) is -4.01. The summed E-state index contributed by atoms with van der Waals surface area (Å²) in [6.07, 6.45) is 1.70. The van der Waals surface area contributed by atoms with E-state index in [0.29, 0.717) is 12.2 Å². The molecule has 1 aliphatic rings. The van der Waals surface area contributed by atoms with Crippen molar-refractivity contribution < 1.29 is 17.2 Å². The van der Waals surface area contributed by atoms with E-state index in [1.165, 1.54) is 6.07 Å². The van der Waals surface area contributed by atoms with Crippen LogP contribution in [0.25, 0.3) is 0 Å². The molecular weight excluding hydrogens is 310 g/mol. The largest absolute Gasteiger partial charge is 0.384 e. The quantitative estimate of drug-likeness (QED) is 0.912. The third-order valence-corrected chi connectivity index (χ3v) is 4.91. The molecule has 0 bridgehead atoms. The van der Waals surface area contributed by atoms with Gasteiger partial charge in [0.15, 0.2) is 0 Å². The minimum absolute atomic E-state index is 0.0355. The first-order chi connectivity index (χ1) is 10.5. The van der Waals surface area contributed by atoms with Crippen molar-refractivity contribution in [2.75, 3.05) is 16.6 Å². The Morgan fingerprint density at radius 2 is 1.95 bits per heavy atom. The van der Waals surface area contributed by atoms with Crippen LogP contribution in [-0.2, 0) is 16.4 Å². The van der Waals surface area contributed by atoms with E-state index < -0.39 is 27.3 Å². The number of aryl methyl sites for hydroxylation is 1. The van der Waals surface area contributed by atoms with E-state index in [2.05, 4.69) is 10.0 Å². The lowest BCUT2D eigenvalue weighted by Crippen LogP contribution is -2.20. The molecule has 22 heavy (non-hydrogen) atoms. The summed E-state index contributed by atoms with van der Waals surface area (Å²) in [5.74, 6) is -1.55. The second-order valence-corrected chi connectivity index (χ2v) is 6.70. The maximum atomic E-state index is 13.6. The van der Waals surface area contributed by atoms with Crippen LogP contribution < -0.4 is 10.0 Å². The Kier molecular flexibility index (Phi) is 3.74. The van der Waals surface area contributed by atoms with Crippen molar-refractivity contribution in [3.63, 3.8) is 0 Å². The second kappa shape index (κ2) is 5.57. The van der Waals surface area contributed by atoms with Crippen LogP contribution in [0.2, 0.25) is 0 Å². The van der Waals surface area contributed by atoms with Crippen molar-refractivity contribution in [1.29, 1.82) is 0 Å². The Morgan fingerprint density at radius 1 is 1.14 bits per heavy atom. The van der Waals surface area contributed by atoms with Gasteiger partial charge in [0.05, 0.1) is 11.4 Å². The Bertz CT molecular complexity index is 822. The number of anilines is 2. The molecule has 2 aromatic rings. The Hall–Kier alpha value is -2.15. The smallest absolute Gasteiger partial charge is 0.264 e. The lowest BCUT2D eigenvalue weighted by molar-refractivity contribution is 0.594. The molecule has 0 radical (unpaired) electrons. The Labute approximate surface area is 127 Å². The van der Waals surface area contributed by atoms with Crippen molar-refractivity contribution in [3.05, 3.63) is 53.6 Å². The average Bonchev–Trinajstić information content (AvgIpc) is 2.50. The molecule has 0 amide bonds. The predicted octanol–water partition coefficient (Wildman–Crippen LogP) is 3.12. The normalized spacial score (nSPS) is 14.1. The van der Waals surface area contributed by atoms with Gasteiger partial charge in [-0.15, -0.1) is 0 Å². The van der Waals surface area contributed by atoms with Gasteiger partial charge < -0.3 is 5.32 Å². The highest BCUT2D eigenvalue weighted by molar-refractivity contribution is 7.92. The van der Waals surface area contributed by atoms with Gasteiger partial charge in [-0.2, -0.15) is 0 Å². The van der Waals surface area contributed by atoms with Gasteiger partial charge in [0, 0.05) is 12.6 Å². The Morgan fingerprint density at radius 3 is 2.77 bits per heavy atom. The molecule has 1 aliphatic heterocycles. The summed E-state index contributed by atoms with van der Waals surface area (Å²) in [6.45, 7) is 0.674. The van der Waals surface area contributed by atoms with Crippen LogP contribution >= 0.6 is 0 Å². The molecule has 0 aliphatic carbocycles. The molecule has 0 fully saturated rings. The minimum Gasteiger partial charge on any atom is -0.384 e. The van der Waals surface area contributed by atoms with Gasteiger partial charge in [-0.3, -0.25) is 4.72 Å². The number of hydrogen-bond acceptors (Lipinski definition) is 3. The van der Waals surface area contributed by atoms with Crippen LogP contribution in [0.5, 0.6) is 0 Å². The van der Waals surface area contributed by atoms with Gasteiger partial charge in [0.25, 0.3) is 10.0 Å². The first-order valence-corrected chi connectivity index (χ1v) is 8.29. The maximum absolute atomic E-state index is 13.6. The molecule has 4 nitrogen and oxygen atoms in total. The van der Waals surface area contributed by atoms with Gasteiger partial charge >= 0.3 is 0 Å². The van der Waals surface area contributed by atoms with E-state index in [1.54, 1.807) is 6.07 Å². The lowest BCUT2D eigenvalue weighted by atomic mass is 10.0. The predicted molar refractivity (Wildman–Crippen MR) is 80.4 cm³/mol. The van der Waals surface area contributed by atoms with Crippen LogP contribution in [0.15, 0.2) is 41.3 Å². The number of nitrogens with one attached hydrogen (secondary N) is 2. The van der Waals surface area contributed by atoms with E-state index in [9.17, 15) is 17.2 Å². The van der Waals surface area contributed by atoms with Gasteiger partial charge in [-0.25, -0.2) is 17.2 Å². The van der Waals surface area contributed by atoms with E-state index in [0.717, 1.165) is 36.6 Å². The zero-order valence-corrected chi connectivity index (χ0v) is 12.4.